The van der Waals surface area contributed by atoms with Gasteiger partial charge in [0.05, 0.1) is 5.02 Å². The Hall–Kier alpha value is -0.520. The van der Waals surface area contributed by atoms with Crippen LogP contribution in [-0.2, 0) is 0 Å². The molecule has 0 aliphatic carbocycles. The molecular formula is C13H18Cl2N2O2. The van der Waals surface area contributed by atoms with E-state index in [0.29, 0.717) is 22.3 Å². The van der Waals surface area contributed by atoms with E-state index in [2.05, 4.69) is 10.2 Å². The van der Waals surface area contributed by atoms with Crippen LogP contribution in [0.2, 0.25) is 10.0 Å². The molecule has 1 saturated heterocycles. The van der Waals surface area contributed by atoms with Gasteiger partial charge in [0.15, 0.2) is 0 Å². The van der Waals surface area contributed by atoms with Crippen LogP contribution in [0, 0.1) is 0 Å². The zero-order valence-electron chi connectivity index (χ0n) is 10.6. The van der Waals surface area contributed by atoms with E-state index in [1.54, 1.807) is 18.2 Å². The smallest absolute Gasteiger partial charge is 0.139 e. The van der Waals surface area contributed by atoms with Crippen molar-refractivity contribution in [2.75, 3.05) is 39.3 Å². The first-order chi connectivity index (χ1) is 9.16. The van der Waals surface area contributed by atoms with Crippen molar-refractivity contribution in [1.29, 1.82) is 0 Å². The topological polar surface area (TPSA) is 44.7 Å². The molecule has 1 aliphatic rings. The van der Waals surface area contributed by atoms with Gasteiger partial charge in [0.25, 0.3) is 0 Å². The Morgan fingerprint density at radius 1 is 1.32 bits per heavy atom. The van der Waals surface area contributed by atoms with Crippen LogP contribution in [-0.4, -0.2) is 55.4 Å². The van der Waals surface area contributed by atoms with E-state index < -0.39 is 6.10 Å². The van der Waals surface area contributed by atoms with Gasteiger partial charge in [0, 0.05) is 32.7 Å². The van der Waals surface area contributed by atoms with E-state index in [4.69, 9.17) is 27.9 Å². The third-order valence-electron chi connectivity index (χ3n) is 3.03. The van der Waals surface area contributed by atoms with E-state index in [1.807, 2.05) is 0 Å². The molecule has 0 spiro atoms. The van der Waals surface area contributed by atoms with E-state index in [1.165, 1.54) is 0 Å². The summed E-state index contributed by atoms with van der Waals surface area (Å²) in [5.41, 5.74) is 0. The van der Waals surface area contributed by atoms with E-state index >= 15 is 0 Å². The van der Waals surface area contributed by atoms with Gasteiger partial charge in [-0.15, -0.1) is 0 Å². The maximum Gasteiger partial charge on any atom is 0.139 e. The third kappa shape index (κ3) is 4.51. The lowest BCUT2D eigenvalue weighted by molar-refractivity contribution is 0.0642. The number of piperazine rings is 1. The summed E-state index contributed by atoms with van der Waals surface area (Å²) in [6.07, 6.45) is -0.534. The number of nitrogens with zero attached hydrogens (tertiary/aromatic N) is 1. The fourth-order valence-corrected chi connectivity index (χ4v) is 2.37. The number of halogens is 2. The van der Waals surface area contributed by atoms with E-state index in [0.717, 1.165) is 26.2 Å². The molecule has 1 aliphatic heterocycles. The van der Waals surface area contributed by atoms with Crippen LogP contribution >= 0.6 is 23.2 Å². The first-order valence-electron chi connectivity index (χ1n) is 6.35. The summed E-state index contributed by atoms with van der Waals surface area (Å²) in [6, 6.07) is 5.21. The molecule has 1 unspecified atom stereocenters. The highest BCUT2D eigenvalue weighted by atomic mass is 35.5. The number of ether oxygens (including phenoxy) is 1. The van der Waals surface area contributed by atoms with Crippen molar-refractivity contribution in [2.45, 2.75) is 6.10 Å². The number of rotatable bonds is 5. The molecule has 2 N–H and O–H groups in total. The quantitative estimate of drug-likeness (QED) is 0.868. The van der Waals surface area contributed by atoms with Gasteiger partial charge in [-0.2, -0.15) is 0 Å². The molecule has 0 saturated carbocycles. The Morgan fingerprint density at radius 3 is 2.79 bits per heavy atom. The monoisotopic (exact) mass is 304 g/mol. The van der Waals surface area contributed by atoms with Gasteiger partial charge in [0.1, 0.15) is 23.5 Å². The number of nitrogens with one attached hydrogen (secondary N) is 1. The van der Waals surface area contributed by atoms with Gasteiger partial charge in [-0.25, -0.2) is 0 Å². The highest BCUT2D eigenvalue weighted by molar-refractivity contribution is 6.42. The van der Waals surface area contributed by atoms with Crippen LogP contribution in [0.4, 0.5) is 0 Å². The third-order valence-corrected chi connectivity index (χ3v) is 3.83. The number of aliphatic hydroxyl groups is 1. The zero-order valence-corrected chi connectivity index (χ0v) is 12.1. The Balaban J connectivity index is 1.79. The molecule has 1 fully saturated rings. The van der Waals surface area contributed by atoms with Gasteiger partial charge in [-0.05, 0) is 12.1 Å². The van der Waals surface area contributed by atoms with Crippen molar-refractivity contribution < 1.29 is 9.84 Å². The summed E-state index contributed by atoms with van der Waals surface area (Å²) in [6.45, 7) is 4.66. The summed E-state index contributed by atoms with van der Waals surface area (Å²) in [5, 5.41) is 14.1. The minimum absolute atomic E-state index is 0.212. The minimum Gasteiger partial charge on any atom is -0.489 e. The molecule has 19 heavy (non-hydrogen) atoms. The molecule has 0 bridgehead atoms. The second-order valence-electron chi connectivity index (χ2n) is 4.57. The maximum atomic E-state index is 9.96. The van der Waals surface area contributed by atoms with Gasteiger partial charge < -0.3 is 15.2 Å². The molecular weight excluding hydrogens is 287 g/mol. The molecule has 1 aromatic rings. The molecule has 1 atom stereocenters. The number of aliphatic hydroxyl groups excluding tert-OH is 1. The predicted molar refractivity (Wildman–Crippen MR) is 77.3 cm³/mol. The lowest BCUT2D eigenvalue weighted by atomic mass is 10.3. The summed E-state index contributed by atoms with van der Waals surface area (Å²) in [4.78, 5) is 2.21. The zero-order chi connectivity index (χ0) is 13.7. The first-order valence-corrected chi connectivity index (χ1v) is 7.10. The summed E-state index contributed by atoms with van der Waals surface area (Å²) < 4.78 is 5.51. The number of β-amino-alcohol motifs (C(OH)–C–C–N with tert-alkyl or cyclic N) is 1. The number of hydrogen-bond acceptors (Lipinski definition) is 4. The molecule has 6 heteroatoms. The number of hydrogen-bond donors (Lipinski definition) is 2. The Kier molecular flexibility index (Phi) is 5.73. The first kappa shape index (κ1) is 14.9. The average molecular weight is 305 g/mol. The Morgan fingerprint density at radius 2 is 2.05 bits per heavy atom. The Labute approximate surface area is 123 Å². The van der Waals surface area contributed by atoms with Crippen LogP contribution in [0.3, 0.4) is 0 Å². The molecule has 2 rings (SSSR count). The summed E-state index contributed by atoms with van der Waals surface area (Å²) in [5.74, 6) is 0.508. The maximum absolute atomic E-state index is 9.96. The molecule has 1 heterocycles. The fourth-order valence-electron chi connectivity index (χ4n) is 2.03. The largest absolute Gasteiger partial charge is 0.489 e. The molecule has 0 radical (unpaired) electrons. The van der Waals surface area contributed by atoms with Crippen LogP contribution in [0.25, 0.3) is 0 Å². The van der Waals surface area contributed by atoms with Crippen LogP contribution in [0.1, 0.15) is 0 Å². The van der Waals surface area contributed by atoms with Gasteiger partial charge in [-0.3, -0.25) is 4.90 Å². The van der Waals surface area contributed by atoms with Crippen LogP contribution in [0.5, 0.6) is 5.75 Å². The van der Waals surface area contributed by atoms with Crippen molar-refractivity contribution >= 4 is 23.2 Å². The minimum atomic E-state index is -0.534. The van der Waals surface area contributed by atoms with Crippen molar-refractivity contribution in [3.8, 4) is 5.75 Å². The van der Waals surface area contributed by atoms with E-state index in [-0.39, 0.29) is 6.61 Å². The van der Waals surface area contributed by atoms with Crippen LogP contribution in [0.15, 0.2) is 18.2 Å². The van der Waals surface area contributed by atoms with Gasteiger partial charge in [-0.1, -0.05) is 29.3 Å². The normalized spacial score (nSPS) is 18.3. The lowest BCUT2D eigenvalue weighted by Crippen LogP contribution is -2.47. The summed E-state index contributed by atoms with van der Waals surface area (Å²) >= 11 is 11.9. The van der Waals surface area contributed by atoms with E-state index in [9.17, 15) is 5.11 Å². The second-order valence-corrected chi connectivity index (χ2v) is 5.35. The molecule has 106 valence electrons. The second kappa shape index (κ2) is 7.31. The standard InChI is InChI=1S/C13H18Cl2N2O2/c14-11-2-1-3-12(13(11)15)19-9-10(18)8-17-6-4-16-5-7-17/h1-3,10,16,18H,4-9H2. The van der Waals surface area contributed by atoms with Crippen molar-refractivity contribution in [3.63, 3.8) is 0 Å². The van der Waals surface area contributed by atoms with Crippen molar-refractivity contribution in [2.24, 2.45) is 0 Å². The molecule has 1 aromatic carbocycles. The molecule has 0 aromatic heterocycles. The Bertz CT molecular complexity index is 412. The number of benzene rings is 1. The highest BCUT2D eigenvalue weighted by Gasteiger charge is 2.15. The van der Waals surface area contributed by atoms with Gasteiger partial charge >= 0.3 is 0 Å². The predicted octanol–water partition coefficient (Wildman–Crippen LogP) is 1.64. The van der Waals surface area contributed by atoms with Crippen molar-refractivity contribution in [3.05, 3.63) is 28.2 Å². The average Bonchev–Trinajstić information content (AvgIpc) is 2.42. The van der Waals surface area contributed by atoms with Crippen LogP contribution < -0.4 is 10.1 Å². The fraction of sp³-hybridized carbons (Fsp3) is 0.538. The SMILES string of the molecule is OC(COc1cccc(Cl)c1Cl)CN1CCNCC1. The summed E-state index contributed by atoms with van der Waals surface area (Å²) in [7, 11) is 0. The van der Waals surface area contributed by atoms with Gasteiger partial charge in [0.2, 0.25) is 0 Å². The molecule has 0 amide bonds. The lowest BCUT2D eigenvalue weighted by Gasteiger charge is -2.29. The van der Waals surface area contributed by atoms with Crippen molar-refractivity contribution in [1.82, 2.24) is 10.2 Å². The molecule has 4 nitrogen and oxygen atoms in total. The highest BCUT2D eigenvalue weighted by Crippen LogP contribution is 2.31.